The number of carbonyl (C=O) groups excluding carboxylic acids is 2. The zero-order chi connectivity index (χ0) is 24.7. The van der Waals surface area contributed by atoms with Crippen LogP contribution in [0, 0.1) is 13.8 Å². The van der Waals surface area contributed by atoms with Crippen molar-refractivity contribution in [1.82, 2.24) is 25.0 Å². The minimum absolute atomic E-state index is 0.0799. The van der Waals surface area contributed by atoms with Crippen LogP contribution in [0.3, 0.4) is 0 Å². The van der Waals surface area contributed by atoms with E-state index < -0.39 is 0 Å². The van der Waals surface area contributed by atoms with Crippen molar-refractivity contribution in [1.29, 1.82) is 0 Å². The molecule has 0 saturated heterocycles. The zero-order valence-electron chi connectivity index (χ0n) is 19.9. The summed E-state index contributed by atoms with van der Waals surface area (Å²) in [7, 11) is 0. The quantitative estimate of drug-likeness (QED) is 0.336. The number of nitrogens with one attached hydrogen (secondary N) is 3. The van der Waals surface area contributed by atoms with Crippen molar-refractivity contribution in [2.24, 2.45) is 0 Å². The number of benzene rings is 2. The van der Waals surface area contributed by atoms with E-state index in [1.54, 1.807) is 12.3 Å². The first-order valence-electron chi connectivity index (χ1n) is 11.7. The fraction of sp³-hybridized carbons (Fsp3) is 0.308. The maximum atomic E-state index is 12.5. The average molecular weight is 491 g/mol. The summed E-state index contributed by atoms with van der Waals surface area (Å²) in [6.07, 6.45) is 3.83. The average Bonchev–Trinajstić information content (AvgIpc) is 3.51. The molecule has 0 aliphatic heterocycles. The first-order valence-corrected chi connectivity index (χ1v) is 12.1. The van der Waals surface area contributed by atoms with E-state index in [1.165, 1.54) is 6.92 Å². The van der Waals surface area contributed by atoms with E-state index in [0.717, 1.165) is 46.3 Å². The number of hydrogen-bond acceptors (Lipinski definition) is 5. The summed E-state index contributed by atoms with van der Waals surface area (Å²) in [4.78, 5) is 33.2. The van der Waals surface area contributed by atoms with Gasteiger partial charge in [0.05, 0.1) is 33.5 Å². The molecular formula is C26H27ClN6O2. The maximum Gasteiger partial charge on any atom is 0.253 e. The molecule has 0 unspecified atom stereocenters. The predicted octanol–water partition coefficient (Wildman–Crippen LogP) is 4.26. The summed E-state index contributed by atoms with van der Waals surface area (Å²) in [5.41, 5.74) is 6.88. The van der Waals surface area contributed by atoms with Crippen LogP contribution in [0.25, 0.3) is 27.9 Å². The lowest BCUT2D eigenvalue weighted by Crippen LogP contribution is -2.26. The van der Waals surface area contributed by atoms with Crippen LogP contribution in [-0.2, 0) is 4.79 Å². The number of aryl methyl sites for hydroxylation is 2. The number of carbonyl (C=O) groups is 2. The summed E-state index contributed by atoms with van der Waals surface area (Å²) < 4.78 is 2.06. The van der Waals surface area contributed by atoms with Crippen LogP contribution in [0.15, 0.2) is 36.5 Å². The number of amides is 2. The molecular weight excluding hydrogens is 464 g/mol. The third-order valence-corrected chi connectivity index (χ3v) is 6.56. The van der Waals surface area contributed by atoms with Crippen molar-refractivity contribution >= 4 is 45.9 Å². The van der Waals surface area contributed by atoms with Crippen LogP contribution in [0.1, 0.15) is 41.3 Å². The summed E-state index contributed by atoms with van der Waals surface area (Å²) >= 11 is 6.55. The second-order valence-electron chi connectivity index (χ2n) is 9.04. The van der Waals surface area contributed by atoms with Crippen LogP contribution in [-0.4, -0.2) is 45.3 Å². The third kappa shape index (κ3) is 4.66. The van der Waals surface area contributed by atoms with E-state index in [4.69, 9.17) is 16.6 Å². The van der Waals surface area contributed by atoms with E-state index in [-0.39, 0.29) is 17.9 Å². The molecule has 1 fully saturated rings. The van der Waals surface area contributed by atoms with Gasteiger partial charge in [0.2, 0.25) is 5.91 Å². The van der Waals surface area contributed by atoms with Crippen molar-refractivity contribution < 1.29 is 9.59 Å². The highest BCUT2D eigenvalue weighted by molar-refractivity contribution is 6.34. The Morgan fingerprint density at radius 2 is 1.89 bits per heavy atom. The van der Waals surface area contributed by atoms with Gasteiger partial charge in [0, 0.05) is 31.6 Å². The van der Waals surface area contributed by atoms with Gasteiger partial charge in [-0.15, -0.1) is 0 Å². The normalized spacial score (nSPS) is 13.3. The van der Waals surface area contributed by atoms with Crippen LogP contribution in [0.2, 0.25) is 5.02 Å². The first kappa shape index (κ1) is 23.1. The topological polar surface area (TPSA) is 100 Å². The number of anilines is 1. The summed E-state index contributed by atoms with van der Waals surface area (Å²) in [5, 5.41) is 9.47. The number of halogens is 1. The van der Waals surface area contributed by atoms with Crippen molar-refractivity contribution in [3.8, 4) is 11.3 Å². The number of imidazole rings is 1. The number of rotatable bonds is 7. The Kier molecular flexibility index (Phi) is 6.06. The molecule has 1 aliphatic carbocycles. The molecule has 2 amide bonds. The van der Waals surface area contributed by atoms with Crippen LogP contribution >= 0.6 is 11.6 Å². The smallest absolute Gasteiger partial charge is 0.253 e. The molecule has 3 N–H and O–H groups in total. The van der Waals surface area contributed by atoms with Gasteiger partial charge in [-0.3, -0.25) is 14.0 Å². The molecule has 0 spiro atoms. The van der Waals surface area contributed by atoms with Gasteiger partial charge >= 0.3 is 0 Å². The molecule has 4 aromatic rings. The van der Waals surface area contributed by atoms with Gasteiger partial charge in [-0.1, -0.05) is 17.7 Å². The molecule has 180 valence electrons. The van der Waals surface area contributed by atoms with Crippen LogP contribution < -0.4 is 16.0 Å². The summed E-state index contributed by atoms with van der Waals surface area (Å²) in [6.45, 7) is 6.61. The highest BCUT2D eigenvalue weighted by Gasteiger charge is 2.25. The fourth-order valence-corrected chi connectivity index (χ4v) is 4.34. The minimum Gasteiger partial charge on any atom is -0.365 e. The van der Waals surface area contributed by atoms with E-state index in [9.17, 15) is 9.59 Å². The highest BCUT2D eigenvalue weighted by Crippen LogP contribution is 2.32. The molecule has 2 aromatic carbocycles. The maximum absolute atomic E-state index is 12.5. The second kappa shape index (κ2) is 9.19. The van der Waals surface area contributed by atoms with Crippen molar-refractivity contribution in [3.05, 3.63) is 58.2 Å². The highest BCUT2D eigenvalue weighted by atomic mass is 35.5. The largest absolute Gasteiger partial charge is 0.365 e. The Labute approximate surface area is 208 Å². The van der Waals surface area contributed by atoms with E-state index >= 15 is 0 Å². The van der Waals surface area contributed by atoms with Gasteiger partial charge in [-0.25, -0.2) is 9.97 Å². The van der Waals surface area contributed by atoms with Gasteiger partial charge in [-0.05, 0) is 62.1 Å². The molecule has 35 heavy (non-hydrogen) atoms. The van der Waals surface area contributed by atoms with E-state index in [2.05, 4.69) is 51.3 Å². The lowest BCUT2D eigenvalue weighted by Gasteiger charge is -2.14. The molecule has 2 heterocycles. The molecule has 5 rings (SSSR count). The summed E-state index contributed by atoms with van der Waals surface area (Å²) in [6, 6.07) is 9.90. The zero-order valence-corrected chi connectivity index (χ0v) is 20.7. The fourth-order valence-electron chi connectivity index (χ4n) is 4.08. The van der Waals surface area contributed by atoms with Gasteiger partial charge < -0.3 is 16.0 Å². The predicted molar refractivity (Wildman–Crippen MR) is 138 cm³/mol. The van der Waals surface area contributed by atoms with Crippen LogP contribution in [0.4, 0.5) is 5.82 Å². The van der Waals surface area contributed by atoms with Crippen molar-refractivity contribution in [2.45, 2.75) is 39.7 Å². The second-order valence-corrected chi connectivity index (χ2v) is 9.45. The lowest BCUT2D eigenvalue weighted by molar-refractivity contribution is -0.118. The Morgan fingerprint density at radius 1 is 1.11 bits per heavy atom. The Hall–Kier alpha value is -3.65. The molecule has 2 aromatic heterocycles. The molecule has 9 heteroatoms. The Morgan fingerprint density at radius 3 is 2.60 bits per heavy atom. The monoisotopic (exact) mass is 490 g/mol. The van der Waals surface area contributed by atoms with Crippen LogP contribution in [0.5, 0.6) is 0 Å². The van der Waals surface area contributed by atoms with Gasteiger partial charge in [0.15, 0.2) is 11.5 Å². The molecule has 1 saturated carbocycles. The number of fused-ring (bicyclic) bond motifs is 3. The molecule has 1 aliphatic rings. The number of aromatic nitrogens is 3. The van der Waals surface area contributed by atoms with E-state index in [1.807, 2.05) is 12.1 Å². The Balaban J connectivity index is 1.59. The van der Waals surface area contributed by atoms with Gasteiger partial charge in [-0.2, -0.15) is 0 Å². The van der Waals surface area contributed by atoms with Crippen molar-refractivity contribution in [3.63, 3.8) is 0 Å². The SMILES string of the molecule is CC(=O)NCCNc1nc2cc(C)c(C)cc2n2c(-c3ccc(C(=O)NC4CC4)c(Cl)c3)cnc12. The Bertz CT molecular complexity index is 1470. The van der Waals surface area contributed by atoms with Crippen molar-refractivity contribution in [2.75, 3.05) is 18.4 Å². The number of nitrogens with zero attached hydrogens (tertiary/aromatic N) is 3. The molecule has 0 atom stereocenters. The standard InChI is InChI=1S/C26H27ClN6O2/c1-14-10-21-22(11-15(14)2)33-23(13-30-25(33)24(32-21)29-9-8-28-16(3)34)17-4-7-19(20(27)12-17)26(35)31-18-5-6-18/h4,7,10-13,18H,5-6,8-9H2,1-3H3,(H,28,34)(H,29,32)(H,31,35). The molecule has 8 nitrogen and oxygen atoms in total. The number of hydrogen-bond donors (Lipinski definition) is 3. The molecule has 0 radical (unpaired) electrons. The lowest BCUT2D eigenvalue weighted by atomic mass is 10.1. The molecule has 0 bridgehead atoms. The van der Waals surface area contributed by atoms with Gasteiger partial charge in [0.1, 0.15) is 0 Å². The third-order valence-electron chi connectivity index (χ3n) is 6.25. The first-order chi connectivity index (χ1) is 16.8. The van der Waals surface area contributed by atoms with E-state index in [0.29, 0.717) is 35.1 Å². The minimum atomic E-state index is -0.145. The summed E-state index contributed by atoms with van der Waals surface area (Å²) in [5.74, 6) is 0.404. The van der Waals surface area contributed by atoms with Gasteiger partial charge in [0.25, 0.3) is 5.91 Å².